The highest BCUT2D eigenvalue weighted by molar-refractivity contribution is 5.85. The summed E-state index contributed by atoms with van der Waals surface area (Å²) in [5.74, 6) is -6.50. The molecular formula is C6H9ClF5NO2. The lowest BCUT2D eigenvalue weighted by molar-refractivity contribution is -0.284. The van der Waals surface area contributed by atoms with Crippen LogP contribution in [-0.2, 0) is 4.79 Å². The molecule has 15 heavy (non-hydrogen) atoms. The third-order valence-electron chi connectivity index (χ3n) is 1.50. The van der Waals surface area contributed by atoms with Gasteiger partial charge in [0.05, 0.1) is 0 Å². The Kier molecular flexibility index (Phi) is 6.10. The number of halogens is 6. The molecule has 0 radical (unpaired) electrons. The minimum Gasteiger partial charge on any atom is -0.480 e. The van der Waals surface area contributed by atoms with Crippen LogP contribution in [0.25, 0.3) is 0 Å². The molecule has 0 aliphatic carbocycles. The lowest BCUT2D eigenvalue weighted by Gasteiger charge is -2.19. The first kappa shape index (κ1) is 16.8. The Bertz CT molecular complexity index is 220. The average molecular weight is 258 g/mol. The molecule has 0 spiro atoms. The van der Waals surface area contributed by atoms with Gasteiger partial charge in [-0.15, -0.1) is 12.4 Å². The van der Waals surface area contributed by atoms with Gasteiger partial charge < -0.3 is 10.8 Å². The minimum atomic E-state index is -5.66. The molecular weight excluding hydrogens is 249 g/mol. The second kappa shape index (κ2) is 5.45. The summed E-state index contributed by atoms with van der Waals surface area (Å²) in [5.41, 5.74) is 4.77. The van der Waals surface area contributed by atoms with Crippen molar-refractivity contribution in [1.82, 2.24) is 0 Å². The van der Waals surface area contributed by atoms with Gasteiger partial charge >= 0.3 is 18.1 Å². The maximum Gasteiger partial charge on any atom is 0.453 e. The Labute approximate surface area is 87.8 Å². The van der Waals surface area contributed by atoms with Crippen LogP contribution in [0.2, 0.25) is 0 Å². The van der Waals surface area contributed by atoms with E-state index in [1.54, 1.807) is 0 Å². The van der Waals surface area contributed by atoms with E-state index in [2.05, 4.69) is 0 Å². The zero-order valence-electron chi connectivity index (χ0n) is 7.22. The highest BCUT2D eigenvalue weighted by Crippen LogP contribution is 2.38. The third kappa shape index (κ3) is 5.12. The molecule has 0 aliphatic rings. The number of hydrogen-bond acceptors (Lipinski definition) is 2. The van der Waals surface area contributed by atoms with Gasteiger partial charge in [-0.3, -0.25) is 4.79 Å². The van der Waals surface area contributed by atoms with Crippen LogP contribution in [0.1, 0.15) is 12.8 Å². The molecule has 0 amide bonds. The van der Waals surface area contributed by atoms with E-state index >= 15 is 0 Å². The number of hydrogen-bond donors (Lipinski definition) is 2. The van der Waals surface area contributed by atoms with E-state index in [-0.39, 0.29) is 12.4 Å². The Morgan fingerprint density at radius 2 is 1.67 bits per heavy atom. The molecule has 0 rings (SSSR count). The van der Waals surface area contributed by atoms with Crippen LogP contribution < -0.4 is 5.73 Å². The first-order valence-corrected chi connectivity index (χ1v) is 3.51. The summed E-state index contributed by atoms with van der Waals surface area (Å²) in [6.45, 7) is 0. The average Bonchev–Trinajstić information content (AvgIpc) is 1.97. The van der Waals surface area contributed by atoms with E-state index in [1.807, 2.05) is 0 Å². The molecule has 0 fully saturated rings. The van der Waals surface area contributed by atoms with E-state index in [0.29, 0.717) is 0 Å². The highest BCUT2D eigenvalue weighted by atomic mass is 35.5. The van der Waals surface area contributed by atoms with Gasteiger partial charge in [-0.2, -0.15) is 22.0 Å². The van der Waals surface area contributed by atoms with Gasteiger partial charge in [-0.25, -0.2) is 0 Å². The number of rotatable bonds is 4. The number of carbonyl (C=O) groups is 1. The molecule has 1 atom stereocenters. The van der Waals surface area contributed by atoms with Crippen LogP contribution in [-0.4, -0.2) is 29.2 Å². The molecule has 92 valence electrons. The van der Waals surface area contributed by atoms with Crippen LogP contribution in [0.4, 0.5) is 22.0 Å². The van der Waals surface area contributed by atoms with Gasteiger partial charge in [0.1, 0.15) is 6.04 Å². The van der Waals surface area contributed by atoms with Crippen molar-refractivity contribution in [3.63, 3.8) is 0 Å². The third-order valence-corrected chi connectivity index (χ3v) is 1.50. The fourth-order valence-electron chi connectivity index (χ4n) is 0.602. The summed E-state index contributed by atoms with van der Waals surface area (Å²) in [6.07, 6.45) is -8.21. The first-order valence-electron chi connectivity index (χ1n) is 3.51. The van der Waals surface area contributed by atoms with Crippen molar-refractivity contribution in [2.75, 3.05) is 0 Å². The van der Waals surface area contributed by atoms with Crippen molar-refractivity contribution in [2.45, 2.75) is 31.0 Å². The summed E-state index contributed by atoms with van der Waals surface area (Å²) in [7, 11) is 0. The number of alkyl halides is 5. The highest BCUT2D eigenvalue weighted by Gasteiger charge is 2.56. The van der Waals surface area contributed by atoms with Crippen LogP contribution in [0.15, 0.2) is 0 Å². The fourth-order valence-corrected chi connectivity index (χ4v) is 0.602. The molecule has 0 aromatic rings. The maximum atomic E-state index is 12.2. The van der Waals surface area contributed by atoms with E-state index in [0.717, 1.165) is 0 Å². The number of nitrogens with two attached hydrogens (primary N) is 1. The van der Waals surface area contributed by atoms with Crippen molar-refractivity contribution in [2.24, 2.45) is 5.73 Å². The van der Waals surface area contributed by atoms with Gasteiger partial charge in [0.15, 0.2) is 0 Å². The molecule has 9 heteroatoms. The van der Waals surface area contributed by atoms with Gasteiger partial charge in [0.25, 0.3) is 0 Å². The topological polar surface area (TPSA) is 63.3 Å². The molecule has 3 nitrogen and oxygen atoms in total. The minimum absolute atomic E-state index is 0. The second-order valence-corrected chi connectivity index (χ2v) is 2.69. The van der Waals surface area contributed by atoms with E-state index < -0.39 is 37.0 Å². The molecule has 0 aliphatic heterocycles. The molecule has 0 aromatic heterocycles. The van der Waals surface area contributed by atoms with Crippen molar-refractivity contribution in [1.29, 1.82) is 0 Å². The second-order valence-electron chi connectivity index (χ2n) is 2.69. The first-order chi connectivity index (χ1) is 6.08. The molecule has 0 heterocycles. The molecule has 0 aromatic carbocycles. The molecule has 0 unspecified atom stereocenters. The predicted octanol–water partition coefficient (Wildman–Crippen LogP) is 1.80. The Morgan fingerprint density at radius 3 is 1.93 bits per heavy atom. The van der Waals surface area contributed by atoms with Gasteiger partial charge in [-0.1, -0.05) is 0 Å². The Hall–Kier alpha value is -0.630. The molecule has 0 saturated carbocycles. The van der Waals surface area contributed by atoms with E-state index in [9.17, 15) is 26.7 Å². The molecule has 0 bridgehead atoms. The zero-order valence-corrected chi connectivity index (χ0v) is 8.04. The molecule has 0 saturated heterocycles. The van der Waals surface area contributed by atoms with Gasteiger partial charge in [0.2, 0.25) is 0 Å². The quantitative estimate of drug-likeness (QED) is 0.755. The maximum absolute atomic E-state index is 12.2. The summed E-state index contributed by atoms with van der Waals surface area (Å²) < 4.78 is 59.0. The van der Waals surface area contributed by atoms with E-state index in [4.69, 9.17) is 10.8 Å². The summed E-state index contributed by atoms with van der Waals surface area (Å²) in [5, 5.41) is 8.13. The fraction of sp³-hybridized carbons (Fsp3) is 0.833. The van der Waals surface area contributed by atoms with Crippen molar-refractivity contribution >= 4 is 18.4 Å². The SMILES string of the molecule is Cl.N[C@@H](CCC(F)(F)C(F)(F)F)C(=O)O. The van der Waals surface area contributed by atoms with Crippen LogP contribution in [0, 0.1) is 0 Å². The van der Waals surface area contributed by atoms with Crippen molar-refractivity contribution in [3.05, 3.63) is 0 Å². The van der Waals surface area contributed by atoms with Crippen LogP contribution >= 0.6 is 12.4 Å². The normalized spacial score (nSPS) is 14.3. The predicted molar refractivity (Wildman–Crippen MR) is 43.1 cm³/mol. The lowest BCUT2D eigenvalue weighted by Crippen LogP contribution is -2.39. The largest absolute Gasteiger partial charge is 0.480 e. The van der Waals surface area contributed by atoms with Crippen molar-refractivity contribution < 1.29 is 31.9 Å². The van der Waals surface area contributed by atoms with Gasteiger partial charge in [0, 0.05) is 6.42 Å². The monoisotopic (exact) mass is 257 g/mol. The van der Waals surface area contributed by atoms with Gasteiger partial charge in [-0.05, 0) is 6.42 Å². The molecule has 3 N–H and O–H groups in total. The van der Waals surface area contributed by atoms with E-state index in [1.165, 1.54) is 0 Å². The summed E-state index contributed by atoms with van der Waals surface area (Å²) in [6, 6.07) is -1.71. The summed E-state index contributed by atoms with van der Waals surface area (Å²) >= 11 is 0. The Morgan fingerprint density at radius 1 is 1.27 bits per heavy atom. The lowest BCUT2D eigenvalue weighted by atomic mass is 10.1. The number of aliphatic carboxylic acids is 1. The standard InChI is InChI=1S/C6H8F5NO2.ClH/c7-5(8,6(9,10)11)2-1-3(12)4(13)14;/h3H,1-2,12H2,(H,13,14);1H/t3-;/m0./s1. The zero-order chi connectivity index (χ0) is 11.6. The van der Waals surface area contributed by atoms with Crippen LogP contribution in [0.3, 0.4) is 0 Å². The smallest absolute Gasteiger partial charge is 0.453 e. The van der Waals surface area contributed by atoms with Crippen LogP contribution in [0.5, 0.6) is 0 Å². The van der Waals surface area contributed by atoms with Crippen molar-refractivity contribution in [3.8, 4) is 0 Å². The summed E-state index contributed by atoms with van der Waals surface area (Å²) in [4.78, 5) is 10.0. The Balaban J connectivity index is 0. The number of carboxylic acid groups (broad SMARTS) is 1. The number of carboxylic acids is 1.